The van der Waals surface area contributed by atoms with Crippen molar-refractivity contribution in [3.8, 4) is 0 Å². The van der Waals surface area contributed by atoms with E-state index in [0.717, 1.165) is 5.56 Å². The van der Waals surface area contributed by atoms with Crippen LogP contribution in [0.2, 0.25) is 0 Å². The van der Waals surface area contributed by atoms with Gasteiger partial charge in [-0.15, -0.1) is 0 Å². The van der Waals surface area contributed by atoms with E-state index >= 15 is 0 Å². The summed E-state index contributed by atoms with van der Waals surface area (Å²) in [6.45, 7) is 0.868. The zero-order valence-corrected chi connectivity index (χ0v) is 11.5. The van der Waals surface area contributed by atoms with E-state index in [9.17, 15) is 10.2 Å². The summed E-state index contributed by atoms with van der Waals surface area (Å²) in [5.41, 5.74) is 1.09. The Bertz CT molecular complexity index is 347. The molecule has 4 nitrogen and oxygen atoms in total. The maximum absolute atomic E-state index is 9.69. The van der Waals surface area contributed by atoms with Gasteiger partial charge in [-0.1, -0.05) is 46.3 Å². The third-order valence-corrected chi connectivity index (χ3v) is 3.95. The molecule has 2 N–H and O–H groups in total. The van der Waals surface area contributed by atoms with Gasteiger partial charge >= 0.3 is 0 Å². The first-order chi connectivity index (χ1) is 8.66. The van der Waals surface area contributed by atoms with Gasteiger partial charge in [-0.25, -0.2) is 0 Å². The molecule has 0 radical (unpaired) electrons. The smallest absolute Gasteiger partial charge is 0.170 e. The van der Waals surface area contributed by atoms with Crippen LogP contribution in [-0.4, -0.2) is 40.1 Å². The molecule has 1 aromatic carbocycles. The van der Waals surface area contributed by atoms with Gasteiger partial charge in [-0.2, -0.15) is 0 Å². The average Bonchev–Trinajstić information content (AvgIpc) is 2.37. The molecular weight excluding hydrogens is 300 g/mol. The van der Waals surface area contributed by atoms with Crippen molar-refractivity contribution in [1.29, 1.82) is 0 Å². The number of hydrogen-bond acceptors (Lipinski definition) is 4. The molecule has 1 saturated heterocycles. The first-order valence-electron chi connectivity index (χ1n) is 5.94. The highest BCUT2D eigenvalue weighted by molar-refractivity contribution is 9.09. The van der Waals surface area contributed by atoms with Gasteiger partial charge in [0.1, 0.15) is 0 Å². The quantitative estimate of drug-likeness (QED) is 0.825. The van der Waals surface area contributed by atoms with Gasteiger partial charge in [-0.05, 0) is 5.56 Å². The van der Waals surface area contributed by atoms with Gasteiger partial charge < -0.3 is 19.7 Å². The highest BCUT2D eigenvalue weighted by Gasteiger charge is 2.35. The van der Waals surface area contributed by atoms with Gasteiger partial charge in [0, 0.05) is 6.42 Å². The molecule has 1 aliphatic rings. The van der Waals surface area contributed by atoms with E-state index in [0.29, 0.717) is 19.6 Å². The van der Waals surface area contributed by atoms with Crippen LogP contribution in [0.25, 0.3) is 0 Å². The Balaban J connectivity index is 1.74. The Morgan fingerprint density at radius 3 is 2.67 bits per heavy atom. The molecular formula is C13H17BrO4. The molecule has 18 heavy (non-hydrogen) atoms. The number of aliphatic hydroxyl groups is 2. The van der Waals surface area contributed by atoms with E-state index < -0.39 is 17.2 Å². The Morgan fingerprint density at radius 1 is 1.28 bits per heavy atom. The zero-order valence-electron chi connectivity index (χ0n) is 9.91. The second kappa shape index (κ2) is 6.63. The monoisotopic (exact) mass is 316 g/mol. The van der Waals surface area contributed by atoms with Crippen LogP contribution in [0.15, 0.2) is 30.3 Å². The van der Waals surface area contributed by atoms with Crippen molar-refractivity contribution >= 4 is 15.9 Å². The first kappa shape index (κ1) is 14.0. The minimum atomic E-state index is -0.987. The van der Waals surface area contributed by atoms with Crippen LogP contribution in [0.4, 0.5) is 0 Å². The van der Waals surface area contributed by atoms with Gasteiger partial charge in [0.2, 0.25) is 0 Å². The van der Waals surface area contributed by atoms with Crippen molar-refractivity contribution < 1.29 is 19.7 Å². The van der Waals surface area contributed by atoms with Crippen molar-refractivity contribution in [2.45, 2.75) is 36.4 Å². The lowest BCUT2D eigenvalue weighted by Gasteiger charge is -2.34. The molecule has 1 aromatic rings. The molecule has 0 spiro atoms. The highest BCUT2D eigenvalue weighted by Crippen LogP contribution is 2.24. The van der Waals surface area contributed by atoms with Crippen LogP contribution >= 0.6 is 15.9 Å². The lowest BCUT2D eigenvalue weighted by atomic mass is 10.1. The summed E-state index contributed by atoms with van der Waals surface area (Å²) in [6.07, 6.45) is -1.41. The SMILES string of the molecule is O[C@@H]1O[C@@H](COCc2ccccc2)C[C@H](O)[C@H]1Br. The fraction of sp³-hybridized carbons (Fsp3) is 0.538. The molecule has 1 heterocycles. The van der Waals surface area contributed by atoms with Crippen LogP contribution in [0.1, 0.15) is 12.0 Å². The molecule has 1 fully saturated rings. The molecule has 0 aromatic heterocycles. The molecule has 0 aliphatic carbocycles. The minimum Gasteiger partial charge on any atom is -0.392 e. The van der Waals surface area contributed by atoms with Crippen LogP contribution in [0.5, 0.6) is 0 Å². The third kappa shape index (κ3) is 3.76. The van der Waals surface area contributed by atoms with Crippen LogP contribution in [-0.2, 0) is 16.1 Å². The predicted octanol–water partition coefficient (Wildman–Crippen LogP) is 1.43. The van der Waals surface area contributed by atoms with Crippen LogP contribution < -0.4 is 0 Å². The molecule has 5 heteroatoms. The van der Waals surface area contributed by atoms with Crippen molar-refractivity contribution in [3.05, 3.63) is 35.9 Å². The number of aliphatic hydroxyl groups excluding tert-OH is 2. The number of ether oxygens (including phenoxy) is 2. The number of alkyl halides is 1. The second-order valence-electron chi connectivity index (χ2n) is 4.40. The largest absolute Gasteiger partial charge is 0.392 e. The Kier molecular flexibility index (Phi) is 5.14. The van der Waals surface area contributed by atoms with Gasteiger partial charge in [0.25, 0.3) is 0 Å². The fourth-order valence-electron chi connectivity index (χ4n) is 1.91. The molecule has 0 unspecified atom stereocenters. The van der Waals surface area contributed by atoms with E-state index in [1.807, 2.05) is 30.3 Å². The molecule has 4 atom stereocenters. The Hall–Kier alpha value is -0.460. The molecule has 0 saturated carbocycles. The lowest BCUT2D eigenvalue weighted by molar-refractivity contribution is -0.196. The van der Waals surface area contributed by atoms with E-state index in [-0.39, 0.29) is 6.10 Å². The first-order valence-corrected chi connectivity index (χ1v) is 6.85. The predicted molar refractivity (Wildman–Crippen MR) is 70.3 cm³/mol. The summed E-state index contributed by atoms with van der Waals surface area (Å²) < 4.78 is 10.9. The van der Waals surface area contributed by atoms with Crippen LogP contribution in [0, 0.1) is 0 Å². The Labute approximate surface area is 115 Å². The summed E-state index contributed by atoms with van der Waals surface area (Å²) in [4.78, 5) is -0.428. The van der Waals surface area contributed by atoms with Crippen LogP contribution in [0.3, 0.4) is 0 Å². The fourth-order valence-corrected chi connectivity index (χ4v) is 2.25. The van der Waals surface area contributed by atoms with Gasteiger partial charge in [-0.3, -0.25) is 0 Å². The summed E-state index contributed by atoms with van der Waals surface area (Å²) >= 11 is 3.19. The van der Waals surface area contributed by atoms with E-state index in [4.69, 9.17) is 9.47 Å². The summed E-state index contributed by atoms with van der Waals surface area (Å²) in [7, 11) is 0. The Morgan fingerprint density at radius 2 is 2.00 bits per heavy atom. The minimum absolute atomic E-state index is 0.271. The van der Waals surface area contributed by atoms with Gasteiger partial charge in [0.05, 0.1) is 30.2 Å². The zero-order chi connectivity index (χ0) is 13.0. The highest BCUT2D eigenvalue weighted by atomic mass is 79.9. The second-order valence-corrected chi connectivity index (χ2v) is 5.45. The summed E-state index contributed by atoms with van der Waals surface area (Å²) in [6, 6.07) is 9.84. The van der Waals surface area contributed by atoms with Crippen molar-refractivity contribution in [1.82, 2.24) is 0 Å². The van der Waals surface area contributed by atoms with Gasteiger partial charge in [0.15, 0.2) is 6.29 Å². The number of halogens is 1. The third-order valence-electron chi connectivity index (χ3n) is 2.89. The van der Waals surface area contributed by atoms with Crippen molar-refractivity contribution in [2.24, 2.45) is 0 Å². The van der Waals surface area contributed by atoms with E-state index in [1.165, 1.54) is 0 Å². The lowest BCUT2D eigenvalue weighted by Crippen LogP contribution is -2.46. The van der Waals surface area contributed by atoms with Crippen molar-refractivity contribution in [3.63, 3.8) is 0 Å². The number of hydrogen-bond donors (Lipinski definition) is 2. The average molecular weight is 317 g/mol. The number of benzene rings is 1. The summed E-state index contributed by atoms with van der Waals surface area (Å²) in [5, 5.41) is 19.2. The summed E-state index contributed by atoms with van der Waals surface area (Å²) in [5.74, 6) is 0. The standard InChI is InChI=1S/C13H17BrO4/c14-12-11(15)6-10(18-13(12)16)8-17-7-9-4-2-1-3-5-9/h1-5,10-13,15-16H,6-8H2/t10-,11+,12-,13-/m1/s1. The number of rotatable bonds is 4. The normalized spacial score (nSPS) is 32.4. The molecule has 2 rings (SSSR count). The maximum atomic E-state index is 9.69. The van der Waals surface area contributed by atoms with E-state index in [1.54, 1.807) is 0 Å². The molecule has 0 bridgehead atoms. The topological polar surface area (TPSA) is 58.9 Å². The van der Waals surface area contributed by atoms with Crippen molar-refractivity contribution in [2.75, 3.05) is 6.61 Å². The molecule has 1 aliphatic heterocycles. The molecule has 0 amide bonds. The van der Waals surface area contributed by atoms with E-state index in [2.05, 4.69) is 15.9 Å². The molecule has 100 valence electrons. The maximum Gasteiger partial charge on any atom is 0.170 e.